The number of halogens is 1. The van der Waals surface area contributed by atoms with E-state index in [1.807, 2.05) is 0 Å². The summed E-state index contributed by atoms with van der Waals surface area (Å²) in [7, 11) is 2.21. The lowest BCUT2D eigenvalue weighted by Gasteiger charge is -2.25. The van der Waals surface area contributed by atoms with Crippen LogP contribution in [-0.4, -0.2) is 13.6 Å². The van der Waals surface area contributed by atoms with Crippen molar-refractivity contribution in [1.82, 2.24) is 0 Å². The summed E-state index contributed by atoms with van der Waals surface area (Å²) >= 11 is 3.59. The second-order valence-electron chi connectivity index (χ2n) is 5.21. The van der Waals surface area contributed by atoms with Crippen molar-refractivity contribution >= 4 is 21.6 Å². The van der Waals surface area contributed by atoms with Gasteiger partial charge in [-0.25, -0.2) is 0 Å². The van der Waals surface area contributed by atoms with Gasteiger partial charge in [0.25, 0.3) is 0 Å². The van der Waals surface area contributed by atoms with Gasteiger partial charge in [0.2, 0.25) is 0 Å². The monoisotopic (exact) mass is 265 g/mol. The molecular weight excluding hydrogens is 250 g/mol. The summed E-state index contributed by atoms with van der Waals surface area (Å²) < 4.78 is 1.21. The third-order valence-corrected chi connectivity index (χ3v) is 4.52. The van der Waals surface area contributed by atoms with Crippen molar-refractivity contribution in [3.05, 3.63) is 28.2 Å². The van der Waals surface area contributed by atoms with Crippen LogP contribution in [0, 0.1) is 5.92 Å². The number of likely N-dealkylation sites (N-methyl/N-ethyl adjacent to an activating group) is 1. The van der Waals surface area contributed by atoms with Crippen LogP contribution in [0.3, 0.4) is 0 Å². The third-order valence-electron chi connectivity index (χ3n) is 4.03. The molecule has 2 aliphatic rings. The Bertz CT molecular complexity index is 411. The quantitative estimate of drug-likeness (QED) is 0.751. The highest BCUT2D eigenvalue weighted by Gasteiger charge is 2.48. The van der Waals surface area contributed by atoms with Gasteiger partial charge in [-0.1, -0.05) is 22.9 Å². The number of rotatable bonds is 1. The molecule has 3 rings (SSSR count). The highest BCUT2D eigenvalue weighted by atomic mass is 79.9. The van der Waals surface area contributed by atoms with Crippen LogP contribution in [0.4, 0.5) is 5.69 Å². The first kappa shape index (κ1) is 9.71. The Morgan fingerprint density at radius 1 is 1.40 bits per heavy atom. The number of hydrogen-bond acceptors (Lipinski definition) is 1. The lowest BCUT2D eigenvalue weighted by molar-refractivity contribution is 0.439. The van der Waals surface area contributed by atoms with Crippen LogP contribution in [-0.2, 0) is 5.41 Å². The zero-order valence-electron chi connectivity index (χ0n) is 9.26. The number of anilines is 1. The smallest absolute Gasteiger partial charge is 0.0403 e. The maximum Gasteiger partial charge on any atom is 0.0403 e. The van der Waals surface area contributed by atoms with Crippen LogP contribution in [0.25, 0.3) is 0 Å². The molecule has 15 heavy (non-hydrogen) atoms. The molecule has 0 saturated heterocycles. The first-order chi connectivity index (χ1) is 7.11. The lowest BCUT2D eigenvalue weighted by atomic mass is 9.80. The largest absolute Gasteiger partial charge is 0.373 e. The average Bonchev–Trinajstić information content (AvgIpc) is 2.97. The molecule has 2 heteroatoms. The second-order valence-corrected chi connectivity index (χ2v) is 6.12. The number of fused-ring (bicyclic) bond motifs is 1. The summed E-state index contributed by atoms with van der Waals surface area (Å²) in [6.45, 7) is 3.61. The van der Waals surface area contributed by atoms with Gasteiger partial charge in [-0.3, -0.25) is 0 Å². The molecule has 1 aromatic carbocycles. The van der Waals surface area contributed by atoms with Crippen molar-refractivity contribution in [3.8, 4) is 0 Å². The van der Waals surface area contributed by atoms with Crippen LogP contribution in [0.5, 0.6) is 0 Å². The maximum absolute atomic E-state index is 3.59. The summed E-state index contributed by atoms with van der Waals surface area (Å²) in [6.07, 6.45) is 2.83. The van der Waals surface area contributed by atoms with Gasteiger partial charge in [-0.05, 0) is 42.5 Å². The zero-order valence-corrected chi connectivity index (χ0v) is 10.8. The van der Waals surface area contributed by atoms with Crippen molar-refractivity contribution in [3.63, 3.8) is 0 Å². The van der Waals surface area contributed by atoms with Crippen LogP contribution < -0.4 is 4.90 Å². The Morgan fingerprint density at radius 2 is 2.13 bits per heavy atom. The van der Waals surface area contributed by atoms with E-state index in [1.54, 1.807) is 5.56 Å². The normalized spacial score (nSPS) is 29.4. The topological polar surface area (TPSA) is 3.24 Å². The molecule has 0 amide bonds. The van der Waals surface area contributed by atoms with E-state index in [0.717, 1.165) is 5.92 Å². The molecule has 1 nitrogen and oxygen atoms in total. The molecule has 0 spiro atoms. The number of benzene rings is 1. The molecule has 1 fully saturated rings. The minimum atomic E-state index is 0.397. The van der Waals surface area contributed by atoms with E-state index in [0.29, 0.717) is 5.41 Å². The summed E-state index contributed by atoms with van der Waals surface area (Å²) in [5.41, 5.74) is 3.36. The van der Waals surface area contributed by atoms with Gasteiger partial charge < -0.3 is 4.90 Å². The Hall–Kier alpha value is -0.500. The molecule has 1 saturated carbocycles. The van der Waals surface area contributed by atoms with Crippen molar-refractivity contribution in [1.29, 1.82) is 0 Å². The fourth-order valence-corrected chi connectivity index (χ4v) is 3.39. The first-order valence-corrected chi connectivity index (χ1v) is 6.42. The van der Waals surface area contributed by atoms with Gasteiger partial charge >= 0.3 is 0 Å². The van der Waals surface area contributed by atoms with Crippen molar-refractivity contribution in [2.75, 3.05) is 18.5 Å². The van der Waals surface area contributed by atoms with Crippen LogP contribution in [0.15, 0.2) is 22.7 Å². The van der Waals surface area contributed by atoms with Gasteiger partial charge in [0, 0.05) is 29.2 Å². The molecule has 1 aromatic rings. The van der Waals surface area contributed by atoms with E-state index in [1.165, 1.54) is 29.5 Å². The van der Waals surface area contributed by atoms with Gasteiger partial charge in [-0.2, -0.15) is 0 Å². The van der Waals surface area contributed by atoms with E-state index in [4.69, 9.17) is 0 Å². The molecule has 1 aliphatic heterocycles. The van der Waals surface area contributed by atoms with Crippen LogP contribution in [0.2, 0.25) is 0 Å². The van der Waals surface area contributed by atoms with E-state index in [2.05, 4.69) is 53.0 Å². The average molecular weight is 266 g/mol. The molecule has 0 radical (unpaired) electrons. The van der Waals surface area contributed by atoms with E-state index in [9.17, 15) is 0 Å². The summed E-state index contributed by atoms with van der Waals surface area (Å²) in [4.78, 5) is 2.40. The predicted molar refractivity (Wildman–Crippen MR) is 67.5 cm³/mol. The Balaban J connectivity index is 2.14. The van der Waals surface area contributed by atoms with Gasteiger partial charge in [0.1, 0.15) is 0 Å². The van der Waals surface area contributed by atoms with Crippen LogP contribution in [0.1, 0.15) is 25.3 Å². The van der Waals surface area contributed by atoms with Crippen molar-refractivity contribution in [2.45, 2.75) is 25.2 Å². The molecule has 1 atom stereocenters. The Kier molecular flexibility index (Phi) is 1.94. The zero-order chi connectivity index (χ0) is 10.6. The molecule has 0 bridgehead atoms. The van der Waals surface area contributed by atoms with E-state index >= 15 is 0 Å². The minimum absolute atomic E-state index is 0.397. The van der Waals surface area contributed by atoms with E-state index < -0.39 is 0 Å². The summed E-state index contributed by atoms with van der Waals surface area (Å²) in [5.74, 6) is 0.912. The maximum atomic E-state index is 3.59. The summed E-state index contributed by atoms with van der Waals surface area (Å²) in [5, 5.41) is 0. The standard InChI is InChI=1S/C13H16BrN/c1-13(9-3-4-9)8-15(2)12-6-5-10(14)7-11(12)13/h5-7,9H,3-4,8H2,1-2H3. The Labute approximate surface area is 99.6 Å². The second kappa shape index (κ2) is 3.00. The SMILES string of the molecule is CN1CC(C)(C2CC2)c2cc(Br)ccc21. The number of nitrogens with zero attached hydrogens (tertiary/aromatic N) is 1. The highest BCUT2D eigenvalue weighted by Crippen LogP contribution is 2.53. The fraction of sp³-hybridized carbons (Fsp3) is 0.538. The van der Waals surface area contributed by atoms with Crippen molar-refractivity contribution < 1.29 is 0 Å². The van der Waals surface area contributed by atoms with Crippen molar-refractivity contribution in [2.24, 2.45) is 5.92 Å². The first-order valence-electron chi connectivity index (χ1n) is 5.62. The fourth-order valence-electron chi connectivity index (χ4n) is 3.03. The summed E-state index contributed by atoms with van der Waals surface area (Å²) in [6, 6.07) is 6.71. The van der Waals surface area contributed by atoms with Gasteiger partial charge in [0.05, 0.1) is 0 Å². The molecule has 1 aliphatic carbocycles. The number of hydrogen-bond donors (Lipinski definition) is 0. The Morgan fingerprint density at radius 3 is 2.80 bits per heavy atom. The molecule has 0 N–H and O–H groups in total. The molecule has 1 heterocycles. The van der Waals surface area contributed by atoms with Crippen LogP contribution >= 0.6 is 15.9 Å². The predicted octanol–water partition coefficient (Wildman–Crippen LogP) is 3.57. The lowest BCUT2D eigenvalue weighted by Crippen LogP contribution is -2.30. The molecule has 80 valence electrons. The minimum Gasteiger partial charge on any atom is -0.373 e. The highest BCUT2D eigenvalue weighted by molar-refractivity contribution is 9.10. The van der Waals surface area contributed by atoms with Gasteiger partial charge in [0.15, 0.2) is 0 Å². The van der Waals surface area contributed by atoms with Gasteiger partial charge in [-0.15, -0.1) is 0 Å². The molecule has 0 aromatic heterocycles. The third kappa shape index (κ3) is 1.34. The molecular formula is C13H16BrN. The van der Waals surface area contributed by atoms with E-state index in [-0.39, 0.29) is 0 Å². The molecule has 1 unspecified atom stereocenters.